The molecule has 2 aromatic carbocycles. The molecule has 25 heavy (non-hydrogen) atoms. The number of esters is 1. The molecule has 0 saturated heterocycles. The maximum absolute atomic E-state index is 12.5. The van der Waals surface area contributed by atoms with Gasteiger partial charge in [-0.2, -0.15) is 0 Å². The van der Waals surface area contributed by atoms with Gasteiger partial charge in [0, 0.05) is 18.4 Å². The Morgan fingerprint density at radius 1 is 1.16 bits per heavy atom. The predicted octanol–water partition coefficient (Wildman–Crippen LogP) is 4.05. The summed E-state index contributed by atoms with van der Waals surface area (Å²) in [6.45, 7) is 3.05. The number of nitrogens with zero attached hydrogens (tertiary/aromatic N) is 1. The Balaban J connectivity index is 1.99. The summed E-state index contributed by atoms with van der Waals surface area (Å²) in [5.41, 5.74) is 3.84. The van der Waals surface area contributed by atoms with Crippen LogP contribution in [0.15, 0.2) is 54.7 Å². The third-order valence-corrected chi connectivity index (χ3v) is 4.33. The molecule has 0 radical (unpaired) electrons. The molecule has 0 fully saturated rings. The number of anilines is 1. The highest BCUT2D eigenvalue weighted by atomic mass is 16.5. The molecule has 3 rings (SSSR count). The molecule has 0 aliphatic carbocycles. The zero-order chi connectivity index (χ0) is 17.6. The molecule has 1 heterocycles. The summed E-state index contributed by atoms with van der Waals surface area (Å²) in [5, 5.41) is 0. The van der Waals surface area contributed by atoms with Crippen molar-refractivity contribution in [2.24, 2.45) is 0 Å². The number of aryl methyl sites for hydroxylation is 1. The van der Waals surface area contributed by atoms with Gasteiger partial charge in [-0.25, -0.2) is 4.79 Å². The van der Waals surface area contributed by atoms with Crippen LogP contribution in [-0.4, -0.2) is 26.2 Å². The fraction of sp³-hybridized carbons (Fsp3) is 0.286. The summed E-state index contributed by atoms with van der Waals surface area (Å²) >= 11 is 0. The SMILES string of the molecule is CCOC(=O)/C(=C/N1CCCc2ccccc21)c1ccc(OC)cc1. The lowest BCUT2D eigenvalue weighted by atomic mass is 10.0. The first-order chi connectivity index (χ1) is 12.2. The van der Waals surface area contributed by atoms with E-state index in [0.29, 0.717) is 12.2 Å². The first-order valence-corrected chi connectivity index (χ1v) is 8.61. The molecule has 0 spiro atoms. The smallest absolute Gasteiger partial charge is 0.340 e. The van der Waals surface area contributed by atoms with Crippen LogP contribution in [0.2, 0.25) is 0 Å². The standard InChI is InChI=1S/C21H23NO3/c1-3-25-21(23)19(16-10-12-18(24-2)13-11-16)15-22-14-6-8-17-7-4-5-9-20(17)22/h4-5,7,9-13,15H,3,6,8,14H2,1-2H3/b19-15+. The van der Waals surface area contributed by atoms with Crippen molar-refractivity contribution in [3.05, 3.63) is 65.9 Å². The number of rotatable bonds is 5. The van der Waals surface area contributed by atoms with Crippen LogP contribution >= 0.6 is 0 Å². The van der Waals surface area contributed by atoms with Crippen LogP contribution in [-0.2, 0) is 16.0 Å². The maximum Gasteiger partial charge on any atom is 0.340 e. The van der Waals surface area contributed by atoms with Crippen molar-refractivity contribution in [3.8, 4) is 5.75 Å². The van der Waals surface area contributed by atoms with E-state index in [-0.39, 0.29) is 5.97 Å². The minimum Gasteiger partial charge on any atom is -0.497 e. The normalized spacial score (nSPS) is 14.0. The van der Waals surface area contributed by atoms with Crippen LogP contribution in [0.25, 0.3) is 5.57 Å². The molecule has 0 atom stereocenters. The molecule has 130 valence electrons. The van der Waals surface area contributed by atoms with Crippen molar-refractivity contribution >= 4 is 17.2 Å². The zero-order valence-corrected chi connectivity index (χ0v) is 14.7. The summed E-state index contributed by atoms with van der Waals surface area (Å²) in [5.74, 6) is 0.450. The Kier molecular flexibility index (Phi) is 5.39. The Bertz CT molecular complexity index is 765. The maximum atomic E-state index is 12.5. The molecule has 1 aliphatic rings. The molecule has 0 bridgehead atoms. The number of benzene rings is 2. The second-order valence-electron chi connectivity index (χ2n) is 5.92. The van der Waals surface area contributed by atoms with Gasteiger partial charge in [-0.1, -0.05) is 30.3 Å². The summed E-state index contributed by atoms with van der Waals surface area (Å²) in [7, 11) is 1.63. The van der Waals surface area contributed by atoms with Crippen LogP contribution in [0, 0.1) is 0 Å². The van der Waals surface area contributed by atoms with E-state index in [2.05, 4.69) is 23.1 Å². The molecule has 0 aromatic heterocycles. The summed E-state index contributed by atoms with van der Waals surface area (Å²) in [6, 6.07) is 15.8. The number of carbonyl (C=O) groups is 1. The summed E-state index contributed by atoms with van der Waals surface area (Å²) in [4.78, 5) is 14.7. The van der Waals surface area contributed by atoms with Crippen molar-refractivity contribution in [1.29, 1.82) is 0 Å². The minimum absolute atomic E-state index is 0.310. The van der Waals surface area contributed by atoms with Crippen molar-refractivity contribution < 1.29 is 14.3 Å². The van der Waals surface area contributed by atoms with E-state index in [1.54, 1.807) is 7.11 Å². The number of para-hydroxylation sites is 1. The van der Waals surface area contributed by atoms with Crippen molar-refractivity contribution in [1.82, 2.24) is 0 Å². The van der Waals surface area contributed by atoms with E-state index in [0.717, 1.165) is 36.4 Å². The monoisotopic (exact) mass is 337 g/mol. The molecule has 4 nitrogen and oxygen atoms in total. The Morgan fingerprint density at radius 2 is 1.92 bits per heavy atom. The van der Waals surface area contributed by atoms with Gasteiger partial charge in [-0.3, -0.25) is 0 Å². The average Bonchev–Trinajstić information content (AvgIpc) is 2.66. The Hall–Kier alpha value is -2.75. The minimum atomic E-state index is -0.310. The van der Waals surface area contributed by atoms with Crippen LogP contribution in [0.1, 0.15) is 24.5 Å². The van der Waals surface area contributed by atoms with Gasteiger partial charge in [-0.05, 0) is 49.1 Å². The quantitative estimate of drug-likeness (QED) is 0.609. The third-order valence-electron chi connectivity index (χ3n) is 4.33. The first kappa shape index (κ1) is 17.1. The number of ether oxygens (including phenoxy) is 2. The van der Waals surface area contributed by atoms with Gasteiger partial charge in [0.2, 0.25) is 0 Å². The third kappa shape index (κ3) is 3.85. The van der Waals surface area contributed by atoms with Crippen LogP contribution in [0.4, 0.5) is 5.69 Å². The molecule has 0 saturated carbocycles. The van der Waals surface area contributed by atoms with E-state index < -0.39 is 0 Å². The van der Waals surface area contributed by atoms with Crippen molar-refractivity contribution in [2.45, 2.75) is 19.8 Å². The molecule has 0 unspecified atom stereocenters. The number of carbonyl (C=O) groups excluding carboxylic acids is 1. The highest BCUT2D eigenvalue weighted by Crippen LogP contribution is 2.29. The van der Waals surface area contributed by atoms with Crippen molar-refractivity contribution in [2.75, 3.05) is 25.2 Å². The fourth-order valence-corrected chi connectivity index (χ4v) is 3.08. The molecular weight excluding hydrogens is 314 g/mol. The lowest BCUT2D eigenvalue weighted by Gasteiger charge is -2.29. The Morgan fingerprint density at radius 3 is 2.64 bits per heavy atom. The van der Waals surface area contributed by atoms with E-state index in [4.69, 9.17) is 9.47 Å². The average molecular weight is 337 g/mol. The van der Waals surface area contributed by atoms with E-state index in [1.807, 2.05) is 43.5 Å². The lowest BCUT2D eigenvalue weighted by molar-refractivity contribution is -0.136. The largest absolute Gasteiger partial charge is 0.497 e. The van der Waals surface area contributed by atoms with Gasteiger partial charge >= 0.3 is 5.97 Å². The van der Waals surface area contributed by atoms with Gasteiger partial charge < -0.3 is 14.4 Å². The second kappa shape index (κ2) is 7.88. The van der Waals surface area contributed by atoms with Crippen LogP contribution < -0.4 is 9.64 Å². The van der Waals surface area contributed by atoms with Gasteiger partial charge in [0.15, 0.2) is 0 Å². The Labute approximate surface area is 148 Å². The topological polar surface area (TPSA) is 38.8 Å². The molecule has 2 aromatic rings. The first-order valence-electron chi connectivity index (χ1n) is 8.61. The molecule has 0 N–H and O–H groups in total. The van der Waals surface area contributed by atoms with Crippen LogP contribution in [0.3, 0.4) is 0 Å². The second-order valence-corrected chi connectivity index (χ2v) is 5.92. The number of hydrogen-bond acceptors (Lipinski definition) is 4. The van der Waals surface area contributed by atoms with Crippen molar-refractivity contribution in [3.63, 3.8) is 0 Å². The molecule has 0 amide bonds. The van der Waals surface area contributed by atoms with Gasteiger partial charge in [0.05, 0.1) is 19.3 Å². The fourth-order valence-electron chi connectivity index (χ4n) is 3.08. The molecular formula is C21H23NO3. The van der Waals surface area contributed by atoms with Gasteiger partial charge in [-0.15, -0.1) is 0 Å². The van der Waals surface area contributed by atoms with E-state index in [1.165, 1.54) is 5.56 Å². The van der Waals surface area contributed by atoms with Crippen LogP contribution in [0.5, 0.6) is 5.75 Å². The van der Waals surface area contributed by atoms with E-state index in [9.17, 15) is 4.79 Å². The number of hydrogen-bond donors (Lipinski definition) is 0. The van der Waals surface area contributed by atoms with E-state index >= 15 is 0 Å². The zero-order valence-electron chi connectivity index (χ0n) is 14.7. The summed E-state index contributed by atoms with van der Waals surface area (Å²) in [6.07, 6.45) is 4.04. The number of methoxy groups -OCH3 is 1. The predicted molar refractivity (Wildman–Crippen MR) is 99.7 cm³/mol. The molecule has 1 aliphatic heterocycles. The van der Waals surface area contributed by atoms with Gasteiger partial charge in [0.25, 0.3) is 0 Å². The highest BCUT2D eigenvalue weighted by Gasteiger charge is 2.19. The number of fused-ring (bicyclic) bond motifs is 1. The lowest BCUT2D eigenvalue weighted by Crippen LogP contribution is -2.25. The van der Waals surface area contributed by atoms with Gasteiger partial charge in [0.1, 0.15) is 5.75 Å². The summed E-state index contributed by atoms with van der Waals surface area (Å²) < 4.78 is 10.5. The molecule has 4 heteroatoms. The highest BCUT2D eigenvalue weighted by molar-refractivity contribution is 6.16.